The molecule has 26 heavy (non-hydrogen) atoms. The average molecular weight is 350 g/mol. The molecule has 0 aliphatic heterocycles. The van der Waals surface area contributed by atoms with Gasteiger partial charge in [0.25, 0.3) is 0 Å². The second-order valence-corrected chi connectivity index (χ2v) is 6.55. The number of rotatable bonds is 6. The number of amides is 1. The van der Waals surface area contributed by atoms with Gasteiger partial charge in [0.15, 0.2) is 0 Å². The summed E-state index contributed by atoms with van der Waals surface area (Å²) in [6, 6.07) is 11.4. The molecule has 0 aliphatic carbocycles. The summed E-state index contributed by atoms with van der Waals surface area (Å²) in [5, 5.41) is 14.0. The molecule has 1 atom stereocenters. The van der Waals surface area contributed by atoms with Crippen LogP contribution in [0.25, 0.3) is 21.8 Å². The number of fused-ring (bicyclic) bond motifs is 3. The smallest absolute Gasteiger partial charge is 0.326 e. The van der Waals surface area contributed by atoms with E-state index in [1.807, 2.05) is 31.3 Å². The van der Waals surface area contributed by atoms with Crippen molar-refractivity contribution in [1.29, 1.82) is 0 Å². The highest BCUT2D eigenvalue weighted by atomic mass is 16.4. The topological polar surface area (TPSA) is 71.3 Å². The molecule has 0 spiro atoms. The Hall–Kier alpha value is -3.08. The van der Waals surface area contributed by atoms with Gasteiger partial charge in [-0.1, -0.05) is 18.2 Å². The second kappa shape index (κ2) is 7.04. The largest absolute Gasteiger partial charge is 0.480 e. The zero-order chi connectivity index (χ0) is 18.8. The molecule has 1 amide bonds. The van der Waals surface area contributed by atoms with Gasteiger partial charge >= 0.3 is 5.97 Å². The van der Waals surface area contributed by atoms with Gasteiger partial charge < -0.3 is 15.0 Å². The van der Waals surface area contributed by atoms with Gasteiger partial charge in [-0.2, -0.15) is 0 Å². The maximum absolute atomic E-state index is 11.4. The van der Waals surface area contributed by atoms with Gasteiger partial charge in [-0.25, -0.2) is 4.79 Å². The first-order chi connectivity index (χ1) is 12.4. The number of hydrogen-bond donors (Lipinski definition) is 2. The summed E-state index contributed by atoms with van der Waals surface area (Å²) in [5.41, 5.74) is 4.28. The van der Waals surface area contributed by atoms with Crippen LogP contribution >= 0.6 is 0 Å². The van der Waals surface area contributed by atoms with Crippen LogP contribution in [-0.4, -0.2) is 27.6 Å². The number of carbonyl (C=O) groups is 2. The number of nitrogens with zero attached hydrogens (tertiary/aromatic N) is 1. The molecule has 2 aromatic carbocycles. The van der Waals surface area contributed by atoms with Crippen molar-refractivity contribution in [3.8, 4) is 0 Å². The SMILES string of the molecule is C=CCc1ccc2c(c1)c1cc(CC(NC(C)=O)C(=O)O)ccc1n2C. The van der Waals surface area contributed by atoms with Crippen molar-refractivity contribution in [1.82, 2.24) is 9.88 Å². The van der Waals surface area contributed by atoms with E-state index in [0.717, 1.165) is 33.8 Å². The van der Waals surface area contributed by atoms with Gasteiger partial charge in [0.05, 0.1) is 0 Å². The highest BCUT2D eigenvalue weighted by Crippen LogP contribution is 2.30. The third-order valence-electron chi connectivity index (χ3n) is 4.63. The van der Waals surface area contributed by atoms with Crippen LogP contribution in [0.5, 0.6) is 0 Å². The Labute approximate surface area is 151 Å². The van der Waals surface area contributed by atoms with Gasteiger partial charge in [-0.3, -0.25) is 4.79 Å². The lowest BCUT2D eigenvalue weighted by Gasteiger charge is -2.13. The van der Waals surface area contributed by atoms with Crippen LogP contribution in [0.2, 0.25) is 0 Å². The number of aryl methyl sites for hydroxylation is 1. The van der Waals surface area contributed by atoms with Crippen molar-refractivity contribution in [3.05, 3.63) is 60.2 Å². The molecule has 3 aromatic rings. The first-order valence-corrected chi connectivity index (χ1v) is 8.51. The molecular formula is C21H22N2O3. The van der Waals surface area contributed by atoms with Gasteiger partial charge in [-0.15, -0.1) is 6.58 Å². The van der Waals surface area contributed by atoms with Crippen molar-refractivity contribution < 1.29 is 14.7 Å². The van der Waals surface area contributed by atoms with E-state index < -0.39 is 12.0 Å². The molecule has 3 rings (SSSR count). The van der Waals surface area contributed by atoms with Gasteiger partial charge in [0, 0.05) is 42.2 Å². The quantitative estimate of drug-likeness (QED) is 0.671. The second-order valence-electron chi connectivity index (χ2n) is 6.55. The third-order valence-corrected chi connectivity index (χ3v) is 4.63. The summed E-state index contributed by atoms with van der Waals surface area (Å²) in [7, 11) is 2.02. The summed E-state index contributed by atoms with van der Waals surface area (Å²) in [5.74, 6) is -1.39. The minimum absolute atomic E-state index is 0.244. The number of nitrogens with one attached hydrogen (secondary N) is 1. The first-order valence-electron chi connectivity index (χ1n) is 8.51. The fourth-order valence-electron chi connectivity index (χ4n) is 3.41. The summed E-state index contributed by atoms with van der Waals surface area (Å²) < 4.78 is 2.13. The molecule has 0 saturated carbocycles. The predicted octanol–water partition coefficient (Wildman–Crippen LogP) is 3.19. The van der Waals surface area contributed by atoms with Gasteiger partial charge in [-0.05, 0) is 41.8 Å². The van der Waals surface area contributed by atoms with E-state index in [0.29, 0.717) is 0 Å². The van der Waals surface area contributed by atoms with Crippen molar-refractivity contribution in [3.63, 3.8) is 0 Å². The van der Waals surface area contributed by atoms with Crippen LogP contribution in [0.4, 0.5) is 0 Å². The number of aromatic nitrogens is 1. The molecule has 1 unspecified atom stereocenters. The normalized spacial score (nSPS) is 12.2. The maximum atomic E-state index is 11.4. The van der Waals surface area contributed by atoms with Crippen molar-refractivity contribution in [2.45, 2.75) is 25.8 Å². The summed E-state index contributed by atoms with van der Waals surface area (Å²) >= 11 is 0. The zero-order valence-corrected chi connectivity index (χ0v) is 15.0. The number of hydrogen-bond acceptors (Lipinski definition) is 2. The van der Waals surface area contributed by atoms with Crippen LogP contribution in [-0.2, 0) is 29.5 Å². The van der Waals surface area contributed by atoms with Crippen molar-refractivity contribution >= 4 is 33.7 Å². The van der Waals surface area contributed by atoms with Crippen LogP contribution in [0, 0.1) is 0 Å². The lowest BCUT2D eigenvalue weighted by Crippen LogP contribution is -2.41. The highest BCUT2D eigenvalue weighted by Gasteiger charge is 2.19. The van der Waals surface area contributed by atoms with E-state index in [9.17, 15) is 14.7 Å². The Kier molecular flexibility index (Phi) is 4.80. The van der Waals surface area contributed by atoms with Crippen molar-refractivity contribution in [2.24, 2.45) is 7.05 Å². The van der Waals surface area contributed by atoms with E-state index in [-0.39, 0.29) is 12.3 Å². The van der Waals surface area contributed by atoms with E-state index >= 15 is 0 Å². The molecule has 0 saturated heterocycles. The molecule has 2 N–H and O–H groups in total. The lowest BCUT2D eigenvalue weighted by molar-refractivity contribution is -0.141. The van der Waals surface area contributed by atoms with Crippen LogP contribution in [0.1, 0.15) is 18.1 Å². The van der Waals surface area contributed by atoms with E-state index in [1.54, 1.807) is 0 Å². The summed E-state index contributed by atoms with van der Waals surface area (Å²) in [6.45, 7) is 5.12. The third kappa shape index (κ3) is 3.33. The number of carboxylic acids is 1. The zero-order valence-electron chi connectivity index (χ0n) is 15.0. The molecule has 0 fully saturated rings. The fourth-order valence-corrected chi connectivity index (χ4v) is 3.41. The van der Waals surface area contributed by atoms with E-state index in [4.69, 9.17) is 0 Å². The number of carbonyl (C=O) groups excluding carboxylic acids is 1. The Morgan fingerprint density at radius 1 is 1.15 bits per heavy atom. The van der Waals surface area contributed by atoms with Crippen LogP contribution < -0.4 is 5.32 Å². The Bertz CT molecular complexity index is 1020. The first kappa shape index (κ1) is 17.7. The molecule has 5 nitrogen and oxygen atoms in total. The highest BCUT2D eigenvalue weighted by molar-refractivity contribution is 6.08. The monoisotopic (exact) mass is 350 g/mol. The number of benzene rings is 2. The number of carboxylic acid groups (broad SMARTS) is 1. The average Bonchev–Trinajstić information content (AvgIpc) is 2.86. The molecule has 0 radical (unpaired) electrons. The maximum Gasteiger partial charge on any atom is 0.326 e. The van der Waals surface area contributed by atoms with Crippen LogP contribution in [0.15, 0.2) is 49.1 Å². The molecule has 5 heteroatoms. The summed E-state index contributed by atoms with van der Waals surface area (Å²) in [4.78, 5) is 22.7. The van der Waals surface area contributed by atoms with Crippen molar-refractivity contribution in [2.75, 3.05) is 0 Å². The van der Waals surface area contributed by atoms with E-state index in [1.165, 1.54) is 12.5 Å². The molecular weight excluding hydrogens is 328 g/mol. The summed E-state index contributed by atoms with van der Waals surface area (Å²) in [6.07, 6.45) is 2.92. The van der Waals surface area contributed by atoms with Gasteiger partial charge in [0.2, 0.25) is 5.91 Å². The number of aliphatic carboxylic acids is 1. The minimum Gasteiger partial charge on any atom is -0.480 e. The number of allylic oxidation sites excluding steroid dienone is 1. The van der Waals surface area contributed by atoms with Gasteiger partial charge in [0.1, 0.15) is 6.04 Å². The molecule has 0 bridgehead atoms. The minimum atomic E-state index is -1.04. The van der Waals surface area contributed by atoms with E-state index in [2.05, 4.69) is 34.7 Å². The molecule has 0 aliphatic rings. The lowest BCUT2D eigenvalue weighted by atomic mass is 10.0. The Morgan fingerprint density at radius 3 is 2.27 bits per heavy atom. The van der Waals surface area contributed by atoms with Crippen LogP contribution in [0.3, 0.4) is 0 Å². The Balaban J connectivity index is 2.07. The standard InChI is InChI=1S/C21H22N2O3/c1-4-5-14-6-8-19-16(10-14)17-11-15(7-9-20(17)23(19)3)12-18(21(25)26)22-13(2)24/h4,6-11,18H,1,5,12H2,2-3H3,(H,22,24)(H,25,26). The molecule has 134 valence electrons. The predicted molar refractivity (Wildman–Crippen MR) is 103 cm³/mol. The molecule has 1 aromatic heterocycles. The Morgan fingerprint density at radius 2 is 1.73 bits per heavy atom. The fraction of sp³-hybridized carbons (Fsp3) is 0.238. The molecule has 1 heterocycles.